The second-order valence-corrected chi connectivity index (χ2v) is 8.06. The second kappa shape index (κ2) is 9.71. The number of amides is 5. The van der Waals surface area contributed by atoms with Crippen molar-refractivity contribution in [3.63, 3.8) is 0 Å². The largest absolute Gasteiger partial charge is 0.523 e. The van der Waals surface area contributed by atoms with Crippen LogP contribution in [0.25, 0.3) is 0 Å². The van der Waals surface area contributed by atoms with Gasteiger partial charge in [0.1, 0.15) is 6.04 Å². The zero-order valence-electron chi connectivity index (χ0n) is 18.0. The van der Waals surface area contributed by atoms with Crippen LogP contribution in [0.15, 0.2) is 30.3 Å². The summed E-state index contributed by atoms with van der Waals surface area (Å²) in [6, 6.07) is 7.02. The molecule has 0 aliphatic carbocycles. The molecule has 2 N–H and O–H groups in total. The Morgan fingerprint density at radius 2 is 1.80 bits per heavy atom. The number of hydrogen-bond acceptors (Lipinski definition) is 4. The Bertz CT molecular complexity index is 798. The van der Waals surface area contributed by atoms with Crippen molar-refractivity contribution in [3.8, 4) is 0 Å². The number of carbonyl (C=O) groups is 4. The first-order valence-corrected chi connectivity index (χ1v) is 10.0. The van der Waals surface area contributed by atoms with Crippen molar-refractivity contribution >= 4 is 23.9 Å². The number of quaternary nitrogens is 1. The molecule has 1 fully saturated rings. The predicted molar refractivity (Wildman–Crippen MR) is 111 cm³/mol. The van der Waals surface area contributed by atoms with Crippen LogP contribution in [-0.2, 0) is 11.2 Å². The molecule has 9 heteroatoms. The van der Waals surface area contributed by atoms with E-state index >= 15 is 0 Å². The van der Waals surface area contributed by atoms with Gasteiger partial charge >= 0.3 is 18.2 Å². The third-order valence-corrected chi connectivity index (χ3v) is 5.66. The number of ketones is 1. The Balaban J connectivity index is 2.17. The lowest BCUT2D eigenvalue weighted by Crippen LogP contribution is -2.63. The molecule has 164 valence electrons. The van der Waals surface area contributed by atoms with E-state index in [1.54, 1.807) is 21.0 Å². The van der Waals surface area contributed by atoms with E-state index in [1.807, 2.05) is 30.3 Å². The summed E-state index contributed by atoms with van der Waals surface area (Å²) in [4.78, 5) is 52.6. The number of imide groups is 1. The van der Waals surface area contributed by atoms with Gasteiger partial charge in [-0.3, -0.25) is 9.69 Å². The van der Waals surface area contributed by atoms with Gasteiger partial charge in [0.05, 0.1) is 19.1 Å². The number of Topliss-reactive ketones (excluding diaryl/α,β-unsaturated/α-hetero) is 1. The summed E-state index contributed by atoms with van der Waals surface area (Å²) < 4.78 is -0.697. The van der Waals surface area contributed by atoms with Crippen molar-refractivity contribution in [2.75, 3.05) is 34.2 Å². The predicted octanol–water partition coefficient (Wildman–Crippen LogP) is 2.17. The number of carboxylic acid groups (broad SMARTS) is 1. The molecule has 1 heterocycles. The van der Waals surface area contributed by atoms with Crippen molar-refractivity contribution in [2.24, 2.45) is 0 Å². The second-order valence-electron chi connectivity index (χ2n) is 8.06. The van der Waals surface area contributed by atoms with Gasteiger partial charge in [-0.05, 0) is 18.9 Å². The van der Waals surface area contributed by atoms with Crippen molar-refractivity contribution < 1.29 is 28.8 Å². The molecule has 0 aromatic heterocycles. The smallest absolute Gasteiger partial charge is 0.435 e. The lowest BCUT2D eigenvalue weighted by Gasteiger charge is -2.33. The number of likely N-dealkylation sites (N-methyl/N-ethyl adjacent to an activating group) is 1. The minimum Gasteiger partial charge on any atom is -0.435 e. The van der Waals surface area contributed by atoms with Crippen LogP contribution in [0.1, 0.15) is 25.3 Å². The van der Waals surface area contributed by atoms with Crippen molar-refractivity contribution in [1.29, 1.82) is 0 Å². The van der Waals surface area contributed by atoms with Crippen LogP contribution in [0, 0.1) is 0 Å². The molecule has 1 aromatic carbocycles. The van der Waals surface area contributed by atoms with Crippen LogP contribution in [0.2, 0.25) is 0 Å². The Morgan fingerprint density at radius 1 is 1.17 bits per heavy atom. The Kier molecular flexibility index (Phi) is 7.55. The van der Waals surface area contributed by atoms with Gasteiger partial charge in [0.2, 0.25) is 0 Å². The Morgan fingerprint density at radius 3 is 2.30 bits per heavy atom. The van der Waals surface area contributed by atoms with Gasteiger partial charge in [-0.25, -0.2) is 9.59 Å². The Hall–Kier alpha value is -2.94. The summed E-state index contributed by atoms with van der Waals surface area (Å²) in [6.45, 7) is 1.66. The van der Waals surface area contributed by atoms with Gasteiger partial charge in [-0.1, -0.05) is 30.3 Å². The number of hydrogen-bond donors (Lipinski definition) is 2. The van der Waals surface area contributed by atoms with Crippen LogP contribution in [0.3, 0.4) is 0 Å². The third kappa shape index (κ3) is 4.96. The highest BCUT2D eigenvalue weighted by atomic mass is 16.4. The van der Waals surface area contributed by atoms with Gasteiger partial charge in [0.25, 0.3) is 0 Å². The topological polar surface area (TPSA) is 107 Å². The molecule has 1 unspecified atom stereocenters. The summed E-state index contributed by atoms with van der Waals surface area (Å²) in [5, 5.41) is 12.4. The summed E-state index contributed by atoms with van der Waals surface area (Å²) in [6.07, 6.45) is 0.341. The molecule has 0 saturated carbocycles. The Labute approximate surface area is 176 Å². The summed E-state index contributed by atoms with van der Waals surface area (Å²) in [5.74, 6) is -0.361. The van der Waals surface area contributed by atoms with Crippen molar-refractivity contribution in [2.45, 2.75) is 38.3 Å². The molecule has 1 aromatic rings. The number of likely N-dealkylation sites (tertiary alicyclic amines) is 1. The lowest BCUT2D eigenvalue weighted by molar-refractivity contribution is -0.790. The zero-order chi connectivity index (χ0) is 22.5. The van der Waals surface area contributed by atoms with Crippen molar-refractivity contribution in [3.05, 3.63) is 35.9 Å². The lowest BCUT2D eigenvalue weighted by atomic mass is 10.0. The standard InChI is InChI=1S/C21H30N4O5/c1-15-9-8-12-25(15,21(29)30)20(28)24(4)14-18(26)17(22-19(27)23(2)3)13-16-10-6-5-7-11-16/h5-7,10-11,15,17H,8-9,12-14H2,1-4H3,(H-,22,27,29,30)/p+1/t15-,17+,25?/m1/s1. The SMILES string of the molecule is C[C@@H]1CCC[N+]1(C(=O)O)C(=O)N(C)CC(=O)[C@H](Cc1ccccc1)NC(=O)N(C)C. The van der Waals surface area contributed by atoms with Crippen LogP contribution >= 0.6 is 0 Å². The van der Waals surface area contributed by atoms with E-state index < -0.39 is 28.7 Å². The highest BCUT2D eigenvalue weighted by Crippen LogP contribution is 2.29. The fourth-order valence-corrected chi connectivity index (χ4v) is 3.82. The van der Waals surface area contributed by atoms with Gasteiger partial charge in [0.15, 0.2) is 5.78 Å². The van der Waals surface area contributed by atoms with Crippen LogP contribution in [0.4, 0.5) is 14.4 Å². The number of carbonyl (C=O) groups excluding carboxylic acids is 3. The number of nitrogens with one attached hydrogen (secondary N) is 1. The number of benzene rings is 1. The van der Waals surface area contributed by atoms with Gasteiger partial charge in [-0.15, -0.1) is 4.48 Å². The molecule has 1 aliphatic rings. The minimum atomic E-state index is -1.20. The number of rotatable bonds is 6. The molecule has 3 atom stereocenters. The van der Waals surface area contributed by atoms with Crippen LogP contribution in [-0.4, -0.2) is 89.6 Å². The summed E-state index contributed by atoms with van der Waals surface area (Å²) in [5.41, 5.74) is 0.867. The van der Waals surface area contributed by atoms with E-state index in [-0.39, 0.29) is 31.3 Å². The molecule has 1 saturated heterocycles. The summed E-state index contributed by atoms with van der Waals surface area (Å²) in [7, 11) is 4.58. The fourth-order valence-electron chi connectivity index (χ4n) is 3.82. The molecule has 9 nitrogen and oxygen atoms in total. The number of urea groups is 2. The average molecular weight is 420 g/mol. The van der Waals surface area contributed by atoms with E-state index in [1.165, 1.54) is 11.9 Å². The molecule has 2 rings (SSSR count). The molecule has 1 aliphatic heterocycles. The van der Waals surface area contributed by atoms with E-state index in [9.17, 15) is 24.3 Å². The maximum Gasteiger partial charge on any atom is 0.523 e. The van der Waals surface area contributed by atoms with E-state index in [2.05, 4.69) is 5.32 Å². The molecule has 0 radical (unpaired) electrons. The van der Waals surface area contributed by atoms with E-state index in [4.69, 9.17) is 0 Å². The molecule has 5 amide bonds. The molecule has 0 spiro atoms. The molecule has 30 heavy (non-hydrogen) atoms. The maximum atomic E-state index is 13.0. The van der Waals surface area contributed by atoms with Gasteiger partial charge in [0, 0.05) is 34.0 Å². The first kappa shape index (κ1) is 23.3. The maximum absolute atomic E-state index is 13.0. The van der Waals surface area contributed by atoms with Gasteiger partial charge < -0.3 is 15.3 Å². The average Bonchev–Trinajstić information content (AvgIpc) is 3.09. The highest BCUT2D eigenvalue weighted by Gasteiger charge is 2.54. The third-order valence-electron chi connectivity index (χ3n) is 5.66. The van der Waals surface area contributed by atoms with Gasteiger partial charge in [-0.2, -0.15) is 4.79 Å². The van der Waals surface area contributed by atoms with Crippen molar-refractivity contribution in [1.82, 2.24) is 15.1 Å². The quantitative estimate of drug-likeness (QED) is 0.687. The normalized spacial score (nSPS) is 21.5. The molecule has 0 bridgehead atoms. The molecular weight excluding hydrogens is 388 g/mol. The number of nitrogens with zero attached hydrogens (tertiary/aromatic N) is 3. The molecular formula is C21H31N4O5+. The first-order chi connectivity index (χ1) is 14.1. The van der Waals surface area contributed by atoms with Crippen LogP contribution < -0.4 is 5.32 Å². The fraction of sp³-hybridized carbons (Fsp3) is 0.524. The van der Waals surface area contributed by atoms with Crippen LogP contribution in [0.5, 0.6) is 0 Å². The van der Waals surface area contributed by atoms with E-state index in [0.29, 0.717) is 12.8 Å². The van der Waals surface area contributed by atoms with E-state index in [0.717, 1.165) is 10.5 Å². The first-order valence-electron chi connectivity index (χ1n) is 10.0. The highest BCUT2D eigenvalue weighted by molar-refractivity contribution is 5.92. The minimum absolute atomic E-state index is 0.207. The monoisotopic (exact) mass is 419 g/mol. The zero-order valence-corrected chi connectivity index (χ0v) is 18.0. The summed E-state index contributed by atoms with van der Waals surface area (Å²) >= 11 is 0.